The fraction of sp³-hybridized carbons (Fsp3) is 1.00. The predicted molar refractivity (Wildman–Crippen MR) is 63.9 cm³/mol. The lowest BCUT2D eigenvalue weighted by molar-refractivity contribution is -0.0326. The molecule has 3 nitrogen and oxygen atoms in total. The van der Waals surface area contributed by atoms with Gasteiger partial charge in [-0.25, -0.2) is 0 Å². The zero-order valence-electron chi connectivity index (χ0n) is 10.5. The van der Waals surface area contributed by atoms with Crippen molar-refractivity contribution in [2.75, 3.05) is 32.8 Å². The molecule has 1 rings (SSSR count). The second kappa shape index (κ2) is 5.83. The first-order chi connectivity index (χ1) is 7.15. The Balaban J connectivity index is 2.49. The fourth-order valence-electron chi connectivity index (χ4n) is 2.34. The first kappa shape index (κ1) is 12.9. The van der Waals surface area contributed by atoms with Crippen molar-refractivity contribution in [3.8, 4) is 0 Å². The molecule has 1 aliphatic rings. The standard InChI is InChI=1S/C12H26N2O/c1-4-12(5-2,9-13)10-14-6-7-15-11(3)8-14/h11H,4-10,13H2,1-3H3. The van der Waals surface area contributed by atoms with Gasteiger partial charge in [-0.3, -0.25) is 4.90 Å². The van der Waals surface area contributed by atoms with Gasteiger partial charge in [-0.15, -0.1) is 0 Å². The third-order valence-corrected chi connectivity index (χ3v) is 3.82. The Morgan fingerprint density at radius 3 is 2.53 bits per heavy atom. The van der Waals surface area contributed by atoms with E-state index < -0.39 is 0 Å². The van der Waals surface area contributed by atoms with Gasteiger partial charge in [-0.1, -0.05) is 13.8 Å². The van der Waals surface area contributed by atoms with E-state index in [2.05, 4.69) is 25.7 Å². The van der Waals surface area contributed by atoms with Gasteiger partial charge in [0.2, 0.25) is 0 Å². The molecular weight excluding hydrogens is 188 g/mol. The summed E-state index contributed by atoms with van der Waals surface area (Å²) in [5.74, 6) is 0. The molecule has 0 aromatic carbocycles. The van der Waals surface area contributed by atoms with Crippen LogP contribution >= 0.6 is 0 Å². The third kappa shape index (κ3) is 3.44. The number of morpholine rings is 1. The van der Waals surface area contributed by atoms with E-state index in [0.717, 1.165) is 32.8 Å². The molecule has 0 spiro atoms. The lowest BCUT2D eigenvalue weighted by atomic mass is 9.81. The Kier molecular flexibility index (Phi) is 5.03. The maximum Gasteiger partial charge on any atom is 0.0674 e. The van der Waals surface area contributed by atoms with Gasteiger partial charge in [0.05, 0.1) is 12.7 Å². The molecule has 1 aliphatic heterocycles. The van der Waals surface area contributed by atoms with Crippen LogP contribution < -0.4 is 5.73 Å². The van der Waals surface area contributed by atoms with Gasteiger partial charge < -0.3 is 10.5 Å². The SMILES string of the molecule is CCC(CC)(CN)CN1CCOC(C)C1. The Morgan fingerprint density at radius 2 is 2.07 bits per heavy atom. The van der Waals surface area contributed by atoms with E-state index in [-0.39, 0.29) is 0 Å². The number of hydrogen-bond donors (Lipinski definition) is 1. The first-order valence-electron chi connectivity index (χ1n) is 6.20. The van der Waals surface area contributed by atoms with Gasteiger partial charge in [0, 0.05) is 19.6 Å². The number of hydrogen-bond acceptors (Lipinski definition) is 3. The fourth-order valence-corrected chi connectivity index (χ4v) is 2.34. The van der Waals surface area contributed by atoms with Crippen LogP contribution in [0.4, 0.5) is 0 Å². The van der Waals surface area contributed by atoms with Crippen molar-refractivity contribution in [3.05, 3.63) is 0 Å². The molecule has 1 atom stereocenters. The summed E-state index contributed by atoms with van der Waals surface area (Å²) in [5.41, 5.74) is 6.24. The van der Waals surface area contributed by atoms with Crippen LogP contribution in [0.25, 0.3) is 0 Å². The molecular formula is C12H26N2O. The van der Waals surface area contributed by atoms with Crippen LogP contribution in [0.5, 0.6) is 0 Å². The first-order valence-corrected chi connectivity index (χ1v) is 6.20. The summed E-state index contributed by atoms with van der Waals surface area (Å²) >= 11 is 0. The predicted octanol–water partition coefficient (Wildman–Crippen LogP) is 1.47. The van der Waals surface area contributed by atoms with E-state index in [4.69, 9.17) is 10.5 Å². The molecule has 0 aromatic rings. The summed E-state index contributed by atoms with van der Waals surface area (Å²) in [4.78, 5) is 2.51. The van der Waals surface area contributed by atoms with E-state index in [1.54, 1.807) is 0 Å². The monoisotopic (exact) mass is 214 g/mol. The second-order valence-electron chi connectivity index (χ2n) is 4.83. The molecule has 0 aromatic heterocycles. The van der Waals surface area contributed by atoms with Gasteiger partial charge in [0.25, 0.3) is 0 Å². The Bertz CT molecular complexity index is 172. The molecule has 1 saturated heterocycles. The molecule has 0 amide bonds. The summed E-state index contributed by atoms with van der Waals surface area (Å²) in [6, 6.07) is 0. The van der Waals surface area contributed by atoms with Gasteiger partial charge in [0.1, 0.15) is 0 Å². The maximum absolute atomic E-state index is 5.92. The summed E-state index contributed by atoms with van der Waals surface area (Å²) < 4.78 is 5.55. The maximum atomic E-state index is 5.92. The molecule has 15 heavy (non-hydrogen) atoms. The molecule has 0 radical (unpaired) electrons. The topological polar surface area (TPSA) is 38.5 Å². The second-order valence-corrected chi connectivity index (χ2v) is 4.83. The van der Waals surface area contributed by atoms with E-state index in [9.17, 15) is 0 Å². The molecule has 3 heteroatoms. The van der Waals surface area contributed by atoms with Crippen LogP contribution in [-0.4, -0.2) is 43.8 Å². The average Bonchev–Trinajstić information content (AvgIpc) is 2.26. The minimum absolute atomic E-state index is 0.317. The lowest BCUT2D eigenvalue weighted by Crippen LogP contribution is -2.48. The zero-order valence-corrected chi connectivity index (χ0v) is 10.5. The number of ether oxygens (including phenoxy) is 1. The quantitative estimate of drug-likeness (QED) is 0.753. The van der Waals surface area contributed by atoms with Gasteiger partial charge in [-0.05, 0) is 31.7 Å². The zero-order chi connectivity index (χ0) is 11.3. The van der Waals surface area contributed by atoms with Crippen LogP contribution in [-0.2, 0) is 4.74 Å². The van der Waals surface area contributed by atoms with Crippen molar-refractivity contribution in [1.82, 2.24) is 4.90 Å². The lowest BCUT2D eigenvalue weighted by Gasteiger charge is -2.39. The van der Waals surface area contributed by atoms with Crippen LogP contribution in [0, 0.1) is 5.41 Å². The largest absolute Gasteiger partial charge is 0.376 e. The van der Waals surface area contributed by atoms with Gasteiger partial charge in [-0.2, -0.15) is 0 Å². The Hall–Kier alpha value is -0.120. The molecule has 90 valence electrons. The Morgan fingerprint density at radius 1 is 1.40 bits per heavy atom. The van der Waals surface area contributed by atoms with E-state index in [1.165, 1.54) is 12.8 Å². The van der Waals surface area contributed by atoms with Crippen molar-refractivity contribution in [2.24, 2.45) is 11.1 Å². The van der Waals surface area contributed by atoms with Crippen molar-refractivity contribution < 1.29 is 4.74 Å². The van der Waals surface area contributed by atoms with E-state index >= 15 is 0 Å². The summed E-state index contributed by atoms with van der Waals surface area (Å²) in [7, 11) is 0. The summed E-state index contributed by atoms with van der Waals surface area (Å²) in [6.45, 7) is 11.6. The smallest absolute Gasteiger partial charge is 0.0674 e. The molecule has 2 N–H and O–H groups in total. The van der Waals surface area contributed by atoms with Gasteiger partial charge in [0.15, 0.2) is 0 Å². The highest BCUT2D eigenvalue weighted by atomic mass is 16.5. The highest BCUT2D eigenvalue weighted by Gasteiger charge is 2.29. The number of nitrogens with zero attached hydrogens (tertiary/aromatic N) is 1. The molecule has 0 aliphatic carbocycles. The van der Waals surface area contributed by atoms with Crippen molar-refractivity contribution in [3.63, 3.8) is 0 Å². The highest BCUT2D eigenvalue weighted by molar-refractivity contribution is 4.83. The summed E-state index contributed by atoms with van der Waals surface area (Å²) in [5, 5.41) is 0. The normalized spacial score (nSPS) is 24.4. The van der Waals surface area contributed by atoms with Crippen molar-refractivity contribution in [1.29, 1.82) is 0 Å². The minimum atomic E-state index is 0.317. The van der Waals surface area contributed by atoms with Crippen molar-refractivity contribution in [2.45, 2.75) is 39.7 Å². The number of nitrogens with two attached hydrogens (primary N) is 1. The van der Waals surface area contributed by atoms with Crippen LogP contribution in [0.3, 0.4) is 0 Å². The molecule has 1 fully saturated rings. The Labute approximate surface area is 94.0 Å². The van der Waals surface area contributed by atoms with Crippen molar-refractivity contribution >= 4 is 0 Å². The van der Waals surface area contributed by atoms with Crippen LogP contribution in [0.15, 0.2) is 0 Å². The van der Waals surface area contributed by atoms with Crippen LogP contribution in [0.1, 0.15) is 33.6 Å². The number of rotatable bonds is 5. The van der Waals surface area contributed by atoms with E-state index in [0.29, 0.717) is 11.5 Å². The molecule has 1 heterocycles. The minimum Gasteiger partial charge on any atom is -0.376 e. The molecule has 0 saturated carbocycles. The van der Waals surface area contributed by atoms with E-state index in [1.807, 2.05) is 0 Å². The van der Waals surface area contributed by atoms with Crippen LogP contribution in [0.2, 0.25) is 0 Å². The molecule has 1 unspecified atom stereocenters. The molecule has 0 bridgehead atoms. The summed E-state index contributed by atoms with van der Waals surface area (Å²) in [6.07, 6.45) is 2.72. The van der Waals surface area contributed by atoms with Gasteiger partial charge >= 0.3 is 0 Å². The average molecular weight is 214 g/mol. The highest BCUT2D eigenvalue weighted by Crippen LogP contribution is 2.26. The third-order valence-electron chi connectivity index (χ3n) is 3.82.